The Morgan fingerprint density at radius 2 is 1.50 bits per heavy atom. The molecule has 0 bridgehead atoms. The third-order valence-electron chi connectivity index (χ3n) is 5.76. The molecule has 0 saturated heterocycles. The van der Waals surface area contributed by atoms with Gasteiger partial charge in [0.2, 0.25) is 9.84 Å². The summed E-state index contributed by atoms with van der Waals surface area (Å²) in [4.78, 5) is 31.3. The molecule has 10 nitrogen and oxygen atoms in total. The Balaban J connectivity index is 1.35. The molecule has 1 aliphatic heterocycles. The summed E-state index contributed by atoms with van der Waals surface area (Å²) in [6, 6.07) is 22.4. The van der Waals surface area contributed by atoms with E-state index in [2.05, 4.69) is 15.3 Å². The number of phenols is 1. The van der Waals surface area contributed by atoms with E-state index in [0.717, 1.165) is 0 Å². The number of carbonyl (C=O) groups excluding carboxylic acids is 1. The average molecular weight is 527 g/mol. The molecule has 0 aliphatic carbocycles. The van der Waals surface area contributed by atoms with E-state index in [4.69, 9.17) is 0 Å². The standard InChI is InChI=1S/C27H18N4O6S/c32-25-14-9-20(31(34)35)15-17(25)16-28-18-5-10-21(11-6-18)38(36,37)22-12-7-19(8-13-22)29-26-23-3-1-2-4-24(23)30-27(26)33/h1-16,32H,(H,29,30,33). The van der Waals surface area contributed by atoms with E-state index in [1.54, 1.807) is 18.2 Å². The van der Waals surface area contributed by atoms with Crippen LogP contribution in [0, 0.1) is 10.1 Å². The number of sulfone groups is 1. The van der Waals surface area contributed by atoms with Crippen LogP contribution < -0.4 is 5.32 Å². The minimum Gasteiger partial charge on any atom is -0.507 e. The molecule has 2 N–H and O–H groups in total. The molecule has 4 aromatic carbocycles. The number of rotatable bonds is 6. The molecular weight excluding hydrogens is 508 g/mol. The molecule has 0 radical (unpaired) electrons. The number of anilines is 1. The van der Waals surface area contributed by atoms with Crippen molar-refractivity contribution in [2.75, 3.05) is 5.32 Å². The fourth-order valence-corrected chi connectivity index (χ4v) is 5.05. The van der Waals surface area contributed by atoms with Crippen molar-refractivity contribution in [2.24, 2.45) is 9.98 Å². The van der Waals surface area contributed by atoms with E-state index >= 15 is 0 Å². The Bertz CT molecular complexity index is 1750. The average Bonchev–Trinajstić information content (AvgIpc) is 3.23. The maximum Gasteiger partial charge on any atom is 0.275 e. The molecule has 188 valence electrons. The molecule has 0 spiro atoms. The van der Waals surface area contributed by atoms with E-state index in [1.807, 2.05) is 6.07 Å². The van der Waals surface area contributed by atoms with Crippen molar-refractivity contribution >= 4 is 50.4 Å². The van der Waals surface area contributed by atoms with Gasteiger partial charge in [-0.1, -0.05) is 18.2 Å². The van der Waals surface area contributed by atoms with Gasteiger partial charge in [0.05, 0.1) is 31.8 Å². The van der Waals surface area contributed by atoms with Gasteiger partial charge in [0, 0.05) is 29.5 Å². The van der Waals surface area contributed by atoms with Crippen LogP contribution in [0.25, 0.3) is 0 Å². The summed E-state index contributed by atoms with van der Waals surface area (Å²) >= 11 is 0. The van der Waals surface area contributed by atoms with Gasteiger partial charge in [-0.05, 0) is 60.7 Å². The number of nitro benzene ring substituents is 1. The molecule has 1 amide bonds. The van der Waals surface area contributed by atoms with Crippen LogP contribution in [-0.4, -0.2) is 36.3 Å². The van der Waals surface area contributed by atoms with Gasteiger partial charge in [0.15, 0.2) is 0 Å². The van der Waals surface area contributed by atoms with Gasteiger partial charge in [-0.3, -0.25) is 19.9 Å². The van der Waals surface area contributed by atoms with Gasteiger partial charge < -0.3 is 10.4 Å². The van der Waals surface area contributed by atoms with E-state index < -0.39 is 14.8 Å². The number of nitro groups is 1. The molecule has 5 rings (SSSR count). The van der Waals surface area contributed by atoms with Gasteiger partial charge in [0.1, 0.15) is 11.5 Å². The number of aliphatic imine (C=N–C) groups is 2. The lowest BCUT2D eigenvalue weighted by Gasteiger charge is -2.06. The van der Waals surface area contributed by atoms with Crippen LogP contribution >= 0.6 is 0 Å². The lowest BCUT2D eigenvalue weighted by Crippen LogP contribution is -2.13. The monoisotopic (exact) mass is 526 g/mol. The number of fused-ring (bicyclic) bond motifs is 1. The SMILES string of the molecule is O=C1Nc2ccccc2C1=Nc1ccc(S(=O)(=O)c2ccc(N=Cc3cc([N+](=O)[O-])ccc3O)cc2)cc1. The topological polar surface area (TPSA) is 151 Å². The zero-order chi connectivity index (χ0) is 26.9. The van der Waals surface area contributed by atoms with Crippen molar-refractivity contribution in [3.63, 3.8) is 0 Å². The minimum absolute atomic E-state index is 0.0396. The molecule has 4 aromatic rings. The fraction of sp³-hybridized carbons (Fsp3) is 0. The third kappa shape index (κ3) is 4.77. The van der Waals surface area contributed by atoms with Crippen LogP contribution in [0.2, 0.25) is 0 Å². The number of amides is 1. The maximum absolute atomic E-state index is 13.1. The van der Waals surface area contributed by atoms with Crippen molar-refractivity contribution in [1.29, 1.82) is 0 Å². The minimum atomic E-state index is -3.84. The molecule has 38 heavy (non-hydrogen) atoms. The lowest BCUT2D eigenvalue weighted by atomic mass is 10.1. The second-order valence-electron chi connectivity index (χ2n) is 8.21. The number of nitrogens with zero attached hydrogens (tertiary/aromatic N) is 3. The summed E-state index contributed by atoms with van der Waals surface area (Å²) < 4.78 is 26.2. The Hall–Kier alpha value is -5.16. The summed E-state index contributed by atoms with van der Waals surface area (Å²) in [5, 5.41) is 23.6. The number of para-hydroxylation sites is 1. The zero-order valence-corrected chi connectivity index (χ0v) is 20.3. The van der Waals surface area contributed by atoms with E-state index in [9.17, 15) is 28.4 Å². The van der Waals surface area contributed by atoms with Crippen molar-refractivity contribution in [3.05, 3.63) is 112 Å². The predicted octanol–water partition coefficient (Wildman–Crippen LogP) is 4.96. The zero-order valence-electron chi connectivity index (χ0n) is 19.5. The van der Waals surface area contributed by atoms with Crippen molar-refractivity contribution in [2.45, 2.75) is 9.79 Å². The van der Waals surface area contributed by atoms with Gasteiger partial charge in [0.25, 0.3) is 11.6 Å². The predicted molar refractivity (Wildman–Crippen MR) is 142 cm³/mol. The number of phenolic OH excluding ortho intramolecular Hbond substituents is 1. The number of benzene rings is 4. The second kappa shape index (κ2) is 9.71. The van der Waals surface area contributed by atoms with Crippen molar-refractivity contribution in [1.82, 2.24) is 0 Å². The highest BCUT2D eigenvalue weighted by Gasteiger charge is 2.25. The Morgan fingerprint density at radius 1 is 0.868 bits per heavy atom. The fourth-order valence-electron chi connectivity index (χ4n) is 3.79. The first-order valence-electron chi connectivity index (χ1n) is 11.2. The quantitative estimate of drug-likeness (QED) is 0.206. The van der Waals surface area contributed by atoms with Crippen LogP contribution in [0.15, 0.2) is 111 Å². The molecule has 0 fully saturated rings. The first-order valence-corrected chi connectivity index (χ1v) is 12.7. The summed E-state index contributed by atoms with van der Waals surface area (Å²) in [7, 11) is -3.84. The van der Waals surface area contributed by atoms with Crippen LogP contribution in [0.1, 0.15) is 11.1 Å². The Kier molecular flexibility index (Phi) is 6.27. The third-order valence-corrected chi connectivity index (χ3v) is 7.54. The maximum atomic E-state index is 13.1. The lowest BCUT2D eigenvalue weighted by molar-refractivity contribution is -0.384. The van der Waals surface area contributed by atoms with Gasteiger partial charge in [-0.15, -0.1) is 0 Å². The second-order valence-corrected chi connectivity index (χ2v) is 10.2. The molecule has 0 saturated carbocycles. The van der Waals surface area contributed by atoms with Crippen LogP contribution in [0.4, 0.5) is 22.7 Å². The summed E-state index contributed by atoms with van der Waals surface area (Å²) in [6.07, 6.45) is 1.26. The van der Waals surface area contributed by atoms with Crippen LogP contribution in [0.5, 0.6) is 5.75 Å². The Morgan fingerprint density at radius 3 is 2.16 bits per heavy atom. The number of carbonyl (C=O) groups is 1. The highest BCUT2D eigenvalue weighted by atomic mass is 32.2. The largest absolute Gasteiger partial charge is 0.507 e. The first-order chi connectivity index (χ1) is 18.2. The molecule has 0 unspecified atom stereocenters. The summed E-state index contributed by atoms with van der Waals surface area (Å²) in [5.41, 5.74) is 2.38. The number of aromatic hydroxyl groups is 1. The normalized spacial score (nSPS) is 14.0. The van der Waals surface area contributed by atoms with Crippen molar-refractivity contribution in [3.8, 4) is 5.75 Å². The number of nitrogens with one attached hydrogen (secondary N) is 1. The molecule has 1 heterocycles. The number of hydrogen-bond donors (Lipinski definition) is 2. The molecular formula is C27H18N4O6S. The smallest absolute Gasteiger partial charge is 0.275 e. The number of hydrogen-bond acceptors (Lipinski definition) is 8. The molecule has 1 aliphatic rings. The van der Waals surface area contributed by atoms with Crippen LogP contribution in [0.3, 0.4) is 0 Å². The van der Waals surface area contributed by atoms with Crippen molar-refractivity contribution < 1.29 is 23.2 Å². The molecule has 11 heteroatoms. The van der Waals surface area contributed by atoms with E-state index in [0.29, 0.717) is 22.6 Å². The van der Waals surface area contributed by atoms with Crippen LogP contribution in [-0.2, 0) is 14.6 Å². The first kappa shape index (κ1) is 24.5. The van der Waals surface area contributed by atoms with Gasteiger partial charge in [-0.2, -0.15) is 0 Å². The molecule has 0 atom stereocenters. The van der Waals surface area contributed by atoms with E-state index in [-0.39, 0.29) is 38.4 Å². The number of non-ortho nitro benzene ring substituents is 1. The highest BCUT2D eigenvalue weighted by molar-refractivity contribution is 7.91. The Labute approximate surface area is 216 Å². The summed E-state index contributed by atoms with van der Waals surface area (Å²) in [5.74, 6) is -0.503. The summed E-state index contributed by atoms with van der Waals surface area (Å²) in [6.45, 7) is 0. The van der Waals surface area contributed by atoms with Gasteiger partial charge in [-0.25, -0.2) is 13.4 Å². The van der Waals surface area contributed by atoms with E-state index in [1.165, 1.54) is 72.9 Å². The highest BCUT2D eigenvalue weighted by Crippen LogP contribution is 2.28. The van der Waals surface area contributed by atoms with Gasteiger partial charge >= 0.3 is 0 Å². The molecule has 0 aromatic heterocycles.